The first-order chi connectivity index (χ1) is 25.5. The van der Waals surface area contributed by atoms with Gasteiger partial charge in [-0.3, -0.25) is 9.59 Å². The molecule has 2 aromatic carbocycles. The second-order valence-corrected chi connectivity index (χ2v) is 17.5. The lowest BCUT2D eigenvalue weighted by Crippen LogP contribution is -2.36. The Balaban J connectivity index is 0.919. The zero-order valence-electron chi connectivity index (χ0n) is 31.7. The number of aryl methyl sites for hydroxylation is 1. The first kappa shape index (κ1) is 42.5. The molecular weight excluding hydrogens is 689 g/mol. The van der Waals surface area contributed by atoms with E-state index < -0.39 is 0 Å². The minimum absolute atomic E-state index is 0.106. The summed E-state index contributed by atoms with van der Waals surface area (Å²) in [4.78, 5) is 29.7. The van der Waals surface area contributed by atoms with Crippen molar-refractivity contribution in [1.82, 2.24) is 9.80 Å². The van der Waals surface area contributed by atoms with Gasteiger partial charge in [0, 0.05) is 24.6 Å². The maximum absolute atomic E-state index is 12.5. The number of piperidine rings is 2. The molecule has 2 fully saturated rings. The number of rotatable bonds is 25. The molecule has 0 aromatic heterocycles. The van der Waals surface area contributed by atoms with Crippen LogP contribution in [0.5, 0.6) is 5.75 Å². The number of phenols is 1. The summed E-state index contributed by atoms with van der Waals surface area (Å²) in [6, 6.07) is 15.3. The fourth-order valence-corrected chi connectivity index (χ4v) is 9.27. The van der Waals surface area contributed by atoms with E-state index in [-0.39, 0.29) is 24.1 Å². The number of ether oxygens (including phenoxy) is 2. The predicted molar refractivity (Wildman–Crippen MR) is 218 cm³/mol. The molecule has 2 aliphatic heterocycles. The number of likely N-dealkylation sites (tertiary alicyclic amines) is 2. The Morgan fingerprint density at radius 1 is 0.635 bits per heavy atom. The van der Waals surface area contributed by atoms with Crippen LogP contribution >= 0.6 is 21.6 Å². The van der Waals surface area contributed by atoms with Gasteiger partial charge in [0.25, 0.3) is 0 Å². The van der Waals surface area contributed by atoms with Gasteiger partial charge in [0.05, 0.1) is 26.1 Å². The zero-order chi connectivity index (χ0) is 36.6. The van der Waals surface area contributed by atoms with E-state index in [1.54, 1.807) is 24.3 Å². The largest absolute Gasteiger partial charge is 0.508 e. The van der Waals surface area contributed by atoms with Gasteiger partial charge in [-0.25, -0.2) is 0 Å². The van der Waals surface area contributed by atoms with Crippen molar-refractivity contribution in [2.75, 3.05) is 64.0 Å². The van der Waals surface area contributed by atoms with Gasteiger partial charge in [-0.1, -0.05) is 103 Å². The Bertz CT molecular complexity index is 1250. The van der Waals surface area contributed by atoms with Crippen LogP contribution in [0, 0.1) is 18.8 Å². The van der Waals surface area contributed by atoms with E-state index in [4.69, 9.17) is 9.47 Å². The molecule has 2 aromatic rings. The molecule has 7 nitrogen and oxygen atoms in total. The van der Waals surface area contributed by atoms with Crippen LogP contribution < -0.4 is 0 Å². The van der Waals surface area contributed by atoms with Crippen molar-refractivity contribution in [3.8, 4) is 5.75 Å². The normalized spacial score (nSPS) is 16.2. The van der Waals surface area contributed by atoms with Gasteiger partial charge in [-0.2, -0.15) is 0 Å². The Morgan fingerprint density at radius 2 is 1.06 bits per heavy atom. The molecular formula is C43H65N2O5S2. The monoisotopic (exact) mass is 753 g/mol. The molecule has 9 heteroatoms. The summed E-state index contributed by atoms with van der Waals surface area (Å²) in [5, 5.41) is 9.38. The van der Waals surface area contributed by atoms with E-state index in [9.17, 15) is 14.7 Å². The summed E-state index contributed by atoms with van der Waals surface area (Å²) in [7, 11) is 4.01. The van der Waals surface area contributed by atoms with Crippen LogP contribution in [0.4, 0.5) is 0 Å². The van der Waals surface area contributed by atoms with Gasteiger partial charge in [0.1, 0.15) is 5.75 Å². The Labute approximate surface area is 322 Å². The molecule has 4 rings (SSSR count). The third-order valence-electron chi connectivity index (χ3n) is 10.7. The second kappa shape index (κ2) is 25.8. The lowest BCUT2D eigenvalue weighted by atomic mass is 9.94. The van der Waals surface area contributed by atoms with Crippen molar-refractivity contribution in [3.63, 3.8) is 0 Å². The van der Waals surface area contributed by atoms with Crippen molar-refractivity contribution in [2.24, 2.45) is 11.8 Å². The van der Waals surface area contributed by atoms with E-state index in [1.165, 1.54) is 75.5 Å². The van der Waals surface area contributed by atoms with Crippen molar-refractivity contribution < 1.29 is 24.2 Å². The number of hydrogen-bond donors (Lipinski definition) is 1. The summed E-state index contributed by atoms with van der Waals surface area (Å²) in [5.41, 5.74) is 3.27. The highest BCUT2D eigenvalue weighted by Crippen LogP contribution is 2.26. The summed E-state index contributed by atoms with van der Waals surface area (Å²) >= 11 is 0. The Kier molecular flexibility index (Phi) is 21.1. The number of carbonyl (C=O) groups is 2. The lowest BCUT2D eigenvalue weighted by molar-refractivity contribution is -0.144. The maximum Gasteiger partial charge on any atom is 0.310 e. The van der Waals surface area contributed by atoms with Crippen LogP contribution in [0.2, 0.25) is 0 Å². The van der Waals surface area contributed by atoms with E-state index in [0.717, 1.165) is 81.8 Å². The third-order valence-corrected chi connectivity index (χ3v) is 13.0. The Hall–Kier alpha value is -2.20. The SMILES string of the molecule is [CH2]CCCCCCCCc1ccc(CC(=O)OCCC2CCN(CCSSCCN3CCC(CCOC(=O)Cc4ccc(O)cc4)CC3)CC2)cc1. The standard InChI is InChI=1S/C43H65N2O5S2/c1-2-3-4-5-6-7-8-9-36-10-12-39(13-11-36)34-42(47)49-30-22-37-18-24-44(25-19-37)28-32-51-52-33-29-45-26-20-38(21-27-45)23-31-50-43(48)35-40-14-16-41(46)17-15-40/h10-17,37-38,46H,1-9,18-35H2. The van der Waals surface area contributed by atoms with Crippen LogP contribution in [0.15, 0.2) is 48.5 Å². The highest BCUT2D eigenvalue weighted by atomic mass is 33.1. The van der Waals surface area contributed by atoms with Crippen LogP contribution in [0.1, 0.15) is 100 Å². The van der Waals surface area contributed by atoms with Crippen molar-refractivity contribution >= 4 is 33.5 Å². The molecule has 1 N–H and O–H groups in total. The quantitative estimate of drug-likeness (QED) is 0.0608. The van der Waals surface area contributed by atoms with Gasteiger partial charge < -0.3 is 24.4 Å². The molecule has 289 valence electrons. The minimum atomic E-state index is -0.197. The van der Waals surface area contributed by atoms with Gasteiger partial charge in [-0.05, 0) is 118 Å². The minimum Gasteiger partial charge on any atom is -0.508 e. The van der Waals surface area contributed by atoms with Crippen LogP contribution in [-0.2, 0) is 38.3 Å². The number of nitrogens with zero attached hydrogens (tertiary/aromatic N) is 2. The maximum atomic E-state index is 12.5. The number of benzene rings is 2. The molecule has 0 bridgehead atoms. The average molecular weight is 754 g/mol. The van der Waals surface area contributed by atoms with Gasteiger partial charge >= 0.3 is 11.9 Å². The molecule has 0 atom stereocenters. The van der Waals surface area contributed by atoms with Crippen LogP contribution in [-0.4, -0.2) is 90.8 Å². The van der Waals surface area contributed by atoms with E-state index >= 15 is 0 Å². The molecule has 0 spiro atoms. The first-order valence-corrected chi connectivity index (χ1v) is 22.6. The van der Waals surface area contributed by atoms with Crippen molar-refractivity contribution in [2.45, 2.75) is 103 Å². The predicted octanol–water partition coefficient (Wildman–Crippen LogP) is 8.96. The number of esters is 2. The molecule has 0 aliphatic carbocycles. The third kappa shape index (κ3) is 18.2. The molecule has 1 radical (unpaired) electrons. The van der Waals surface area contributed by atoms with Crippen molar-refractivity contribution in [1.29, 1.82) is 0 Å². The van der Waals surface area contributed by atoms with E-state index in [0.29, 0.717) is 31.5 Å². The molecule has 0 saturated carbocycles. The summed E-state index contributed by atoms with van der Waals surface area (Å²) in [6.07, 6.45) is 17.2. The average Bonchev–Trinajstić information content (AvgIpc) is 3.15. The van der Waals surface area contributed by atoms with Crippen molar-refractivity contribution in [3.05, 3.63) is 72.1 Å². The van der Waals surface area contributed by atoms with E-state index in [1.807, 2.05) is 21.6 Å². The number of unbranched alkanes of at least 4 members (excludes halogenated alkanes) is 6. The highest BCUT2D eigenvalue weighted by Gasteiger charge is 2.21. The molecule has 52 heavy (non-hydrogen) atoms. The fourth-order valence-electron chi connectivity index (χ4n) is 7.21. The molecule has 2 heterocycles. The summed E-state index contributed by atoms with van der Waals surface area (Å²) in [5.74, 6) is 3.52. The molecule has 2 aliphatic rings. The summed E-state index contributed by atoms with van der Waals surface area (Å²) < 4.78 is 11.1. The Morgan fingerprint density at radius 3 is 1.54 bits per heavy atom. The van der Waals surface area contributed by atoms with Crippen LogP contribution in [0.3, 0.4) is 0 Å². The van der Waals surface area contributed by atoms with Gasteiger partial charge in [-0.15, -0.1) is 0 Å². The highest BCUT2D eigenvalue weighted by molar-refractivity contribution is 8.76. The second-order valence-electron chi connectivity index (χ2n) is 14.8. The topological polar surface area (TPSA) is 79.3 Å². The number of phenolic OH excluding ortho intramolecular Hbond substituents is 1. The van der Waals surface area contributed by atoms with Gasteiger partial charge in [0.2, 0.25) is 0 Å². The molecule has 2 saturated heterocycles. The smallest absolute Gasteiger partial charge is 0.310 e. The number of hydrogen-bond acceptors (Lipinski definition) is 9. The zero-order valence-corrected chi connectivity index (χ0v) is 33.3. The molecule has 0 unspecified atom stereocenters. The van der Waals surface area contributed by atoms with Crippen LogP contribution in [0.25, 0.3) is 0 Å². The lowest BCUT2D eigenvalue weighted by Gasteiger charge is -2.32. The summed E-state index contributed by atoms with van der Waals surface area (Å²) in [6.45, 7) is 11.8. The fraction of sp³-hybridized carbons (Fsp3) is 0.651. The van der Waals surface area contributed by atoms with E-state index in [2.05, 4.69) is 41.0 Å². The number of aromatic hydroxyl groups is 1. The molecule has 0 amide bonds. The first-order valence-electron chi connectivity index (χ1n) is 20.1. The van der Waals surface area contributed by atoms with Gasteiger partial charge in [0.15, 0.2) is 0 Å². The number of carbonyl (C=O) groups excluding carboxylic acids is 2.